The van der Waals surface area contributed by atoms with Crippen molar-refractivity contribution < 1.29 is 14.0 Å². The summed E-state index contributed by atoms with van der Waals surface area (Å²) in [5.74, 6) is 0.316. The van der Waals surface area contributed by atoms with Crippen molar-refractivity contribution in [3.8, 4) is 0 Å². The molecule has 1 aromatic rings. The number of carbonyl (C=O) groups is 2. The molecule has 2 aliphatic rings. The molecule has 100 valence electrons. The van der Waals surface area contributed by atoms with Crippen molar-refractivity contribution in [2.24, 2.45) is 17.8 Å². The fourth-order valence-electron chi connectivity index (χ4n) is 3.30. The fourth-order valence-corrected chi connectivity index (χ4v) is 3.30. The van der Waals surface area contributed by atoms with Crippen LogP contribution in [0.1, 0.15) is 26.0 Å². The van der Waals surface area contributed by atoms with Crippen LogP contribution in [0.4, 0.5) is 0 Å². The van der Waals surface area contributed by atoms with E-state index in [9.17, 15) is 9.59 Å². The number of fused-ring (bicyclic) bond motifs is 1. The van der Waals surface area contributed by atoms with Crippen LogP contribution in [0.25, 0.3) is 0 Å². The topological polar surface area (TPSA) is 50.5 Å². The van der Waals surface area contributed by atoms with Gasteiger partial charge in [-0.3, -0.25) is 14.5 Å². The van der Waals surface area contributed by atoms with Crippen LogP contribution in [0, 0.1) is 17.8 Å². The third-order valence-electron chi connectivity index (χ3n) is 4.12. The van der Waals surface area contributed by atoms with Crippen LogP contribution in [-0.2, 0) is 16.1 Å². The summed E-state index contributed by atoms with van der Waals surface area (Å²) < 4.78 is 5.23. The predicted molar refractivity (Wildman–Crippen MR) is 68.8 cm³/mol. The number of likely N-dealkylation sites (tertiary alicyclic amines) is 1. The Morgan fingerprint density at radius 1 is 1.37 bits per heavy atom. The minimum Gasteiger partial charge on any atom is -0.467 e. The van der Waals surface area contributed by atoms with Gasteiger partial charge in [-0.15, -0.1) is 0 Å². The Bertz CT molecular complexity index is 544. The Morgan fingerprint density at radius 3 is 2.84 bits per heavy atom. The van der Waals surface area contributed by atoms with E-state index in [1.807, 2.05) is 13.8 Å². The zero-order valence-corrected chi connectivity index (χ0v) is 11.1. The molecule has 4 heteroatoms. The molecule has 1 aliphatic carbocycles. The van der Waals surface area contributed by atoms with Gasteiger partial charge in [0, 0.05) is 0 Å². The van der Waals surface area contributed by atoms with Gasteiger partial charge < -0.3 is 4.42 Å². The maximum atomic E-state index is 12.4. The van der Waals surface area contributed by atoms with Crippen LogP contribution in [0.3, 0.4) is 0 Å². The number of hydrogen-bond donors (Lipinski definition) is 0. The number of furan rings is 1. The molecule has 2 heterocycles. The SMILES string of the molecule is CC1=C[C@@H](C)[C@H]2C(=O)N(Cc3ccco3)C(=O)[C@H]2C1. The standard InChI is InChI=1S/C15H17NO3/c1-9-6-10(2)13-12(7-9)14(17)16(15(13)18)8-11-4-3-5-19-11/h3-6,10,12-13H,7-8H2,1-2H3/t10-,12+,13-/m1/s1. The molecule has 0 N–H and O–H groups in total. The molecule has 19 heavy (non-hydrogen) atoms. The van der Waals surface area contributed by atoms with E-state index in [1.165, 1.54) is 10.5 Å². The summed E-state index contributed by atoms with van der Waals surface area (Å²) in [5.41, 5.74) is 1.20. The Balaban J connectivity index is 1.86. The summed E-state index contributed by atoms with van der Waals surface area (Å²) >= 11 is 0. The highest BCUT2D eigenvalue weighted by atomic mass is 16.3. The first kappa shape index (κ1) is 12.2. The van der Waals surface area contributed by atoms with Crippen LogP contribution in [0.2, 0.25) is 0 Å². The Labute approximate surface area is 112 Å². The smallest absolute Gasteiger partial charge is 0.234 e. The van der Waals surface area contributed by atoms with Gasteiger partial charge in [0.15, 0.2) is 0 Å². The first-order chi connectivity index (χ1) is 9.08. The minimum absolute atomic E-state index is 0.0503. The van der Waals surface area contributed by atoms with Gasteiger partial charge >= 0.3 is 0 Å². The molecule has 4 nitrogen and oxygen atoms in total. The molecule has 3 rings (SSSR count). The molecule has 0 aromatic carbocycles. The number of nitrogens with zero attached hydrogens (tertiary/aromatic N) is 1. The Morgan fingerprint density at radius 2 is 2.16 bits per heavy atom. The van der Waals surface area contributed by atoms with Crippen molar-refractivity contribution in [2.75, 3.05) is 0 Å². The molecular weight excluding hydrogens is 242 g/mol. The van der Waals surface area contributed by atoms with Crippen molar-refractivity contribution in [1.82, 2.24) is 4.90 Å². The number of allylic oxidation sites excluding steroid dienone is 2. The van der Waals surface area contributed by atoms with Gasteiger partial charge in [-0.05, 0) is 31.4 Å². The van der Waals surface area contributed by atoms with Crippen molar-refractivity contribution in [3.63, 3.8) is 0 Å². The normalized spacial score (nSPS) is 30.5. The molecule has 1 saturated heterocycles. The van der Waals surface area contributed by atoms with E-state index >= 15 is 0 Å². The second-order valence-electron chi connectivity index (χ2n) is 5.55. The summed E-state index contributed by atoms with van der Waals surface area (Å²) in [6.45, 7) is 4.30. The zero-order valence-electron chi connectivity index (χ0n) is 11.1. The third kappa shape index (κ3) is 1.91. The first-order valence-electron chi connectivity index (χ1n) is 6.63. The van der Waals surface area contributed by atoms with E-state index in [4.69, 9.17) is 4.42 Å². The second kappa shape index (κ2) is 4.37. The number of hydrogen-bond acceptors (Lipinski definition) is 3. The quantitative estimate of drug-likeness (QED) is 0.605. The van der Waals surface area contributed by atoms with Crippen LogP contribution in [-0.4, -0.2) is 16.7 Å². The van der Waals surface area contributed by atoms with Crippen molar-refractivity contribution >= 4 is 11.8 Å². The molecule has 0 radical (unpaired) electrons. The minimum atomic E-state index is -0.189. The van der Waals surface area contributed by atoms with Gasteiger partial charge in [-0.1, -0.05) is 18.6 Å². The number of imide groups is 1. The Kier molecular flexibility index (Phi) is 2.81. The summed E-state index contributed by atoms with van der Waals surface area (Å²) in [5, 5.41) is 0. The monoisotopic (exact) mass is 259 g/mol. The molecule has 1 fully saturated rings. The molecule has 2 amide bonds. The summed E-state index contributed by atoms with van der Waals surface area (Å²) in [4.78, 5) is 26.2. The molecule has 0 bridgehead atoms. The van der Waals surface area contributed by atoms with Gasteiger partial charge in [-0.25, -0.2) is 0 Å². The first-order valence-corrected chi connectivity index (χ1v) is 6.63. The number of rotatable bonds is 2. The van der Waals surface area contributed by atoms with Crippen LogP contribution in [0.15, 0.2) is 34.5 Å². The number of amides is 2. The lowest BCUT2D eigenvalue weighted by Crippen LogP contribution is -2.31. The maximum absolute atomic E-state index is 12.4. The average Bonchev–Trinajstić information content (AvgIpc) is 2.93. The van der Waals surface area contributed by atoms with E-state index in [2.05, 4.69) is 6.08 Å². The van der Waals surface area contributed by atoms with Crippen LogP contribution in [0.5, 0.6) is 0 Å². The van der Waals surface area contributed by atoms with E-state index in [0.29, 0.717) is 12.2 Å². The summed E-state index contributed by atoms with van der Waals surface area (Å²) in [7, 11) is 0. The molecule has 3 atom stereocenters. The van der Waals surface area contributed by atoms with Gasteiger partial charge in [-0.2, -0.15) is 0 Å². The summed E-state index contributed by atoms with van der Waals surface area (Å²) in [6.07, 6.45) is 4.37. The lowest BCUT2D eigenvalue weighted by atomic mass is 9.76. The van der Waals surface area contributed by atoms with E-state index in [1.54, 1.807) is 18.4 Å². The van der Waals surface area contributed by atoms with Crippen molar-refractivity contribution in [2.45, 2.75) is 26.8 Å². The highest BCUT2D eigenvalue weighted by Gasteiger charge is 2.50. The van der Waals surface area contributed by atoms with E-state index < -0.39 is 0 Å². The van der Waals surface area contributed by atoms with E-state index in [0.717, 1.165) is 0 Å². The molecule has 1 aliphatic heterocycles. The average molecular weight is 259 g/mol. The molecular formula is C15H17NO3. The van der Waals surface area contributed by atoms with Gasteiger partial charge in [0.05, 0.1) is 24.6 Å². The van der Waals surface area contributed by atoms with Crippen molar-refractivity contribution in [1.29, 1.82) is 0 Å². The van der Waals surface area contributed by atoms with Gasteiger partial charge in [0.1, 0.15) is 5.76 Å². The van der Waals surface area contributed by atoms with Gasteiger partial charge in [0.2, 0.25) is 11.8 Å². The van der Waals surface area contributed by atoms with Gasteiger partial charge in [0.25, 0.3) is 0 Å². The maximum Gasteiger partial charge on any atom is 0.234 e. The second-order valence-corrected chi connectivity index (χ2v) is 5.55. The van der Waals surface area contributed by atoms with Crippen molar-refractivity contribution in [3.05, 3.63) is 35.8 Å². The fraction of sp³-hybridized carbons (Fsp3) is 0.467. The predicted octanol–water partition coefficient (Wildman–Crippen LogP) is 2.37. The Hall–Kier alpha value is -1.84. The molecule has 0 unspecified atom stereocenters. The largest absolute Gasteiger partial charge is 0.467 e. The molecule has 0 spiro atoms. The third-order valence-corrected chi connectivity index (χ3v) is 4.12. The highest BCUT2D eigenvalue weighted by Crippen LogP contribution is 2.41. The zero-order chi connectivity index (χ0) is 13.6. The lowest BCUT2D eigenvalue weighted by molar-refractivity contribution is -0.141. The van der Waals surface area contributed by atoms with E-state index in [-0.39, 0.29) is 36.1 Å². The number of carbonyl (C=O) groups excluding carboxylic acids is 2. The summed E-state index contributed by atoms with van der Waals surface area (Å²) in [6, 6.07) is 3.55. The van der Waals surface area contributed by atoms with Crippen LogP contribution < -0.4 is 0 Å². The molecule has 0 saturated carbocycles. The van der Waals surface area contributed by atoms with Crippen LogP contribution >= 0.6 is 0 Å². The molecule has 1 aromatic heterocycles. The highest BCUT2D eigenvalue weighted by molar-refractivity contribution is 6.05. The lowest BCUT2D eigenvalue weighted by Gasteiger charge is -2.25.